The van der Waals surface area contributed by atoms with Crippen LogP contribution in [0.1, 0.15) is 18.5 Å². The lowest BCUT2D eigenvalue weighted by atomic mass is 10.1. The zero-order valence-electron chi connectivity index (χ0n) is 14.3. The molecule has 4 heterocycles. The fourth-order valence-corrected chi connectivity index (χ4v) is 3.49. The molecule has 4 rings (SSSR count). The Balaban J connectivity index is 1.61. The van der Waals surface area contributed by atoms with Crippen molar-refractivity contribution in [1.82, 2.24) is 19.7 Å². The van der Waals surface area contributed by atoms with E-state index in [1.54, 1.807) is 16.9 Å². The number of ether oxygens (including phenoxy) is 1. The molecule has 0 radical (unpaired) electrons. The number of hydrogen-bond donors (Lipinski definition) is 0. The van der Waals surface area contributed by atoms with E-state index in [4.69, 9.17) is 4.74 Å². The first-order valence-corrected chi connectivity index (χ1v) is 8.44. The molecular weight excluding hydrogens is 321 g/mol. The molecule has 1 aliphatic heterocycles. The third-order valence-corrected chi connectivity index (χ3v) is 4.60. The lowest BCUT2D eigenvalue weighted by molar-refractivity contribution is 0.164. The van der Waals surface area contributed by atoms with Crippen LogP contribution in [-0.2, 0) is 7.05 Å². The van der Waals surface area contributed by atoms with Gasteiger partial charge in [-0.2, -0.15) is 5.10 Å². The van der Waals surface area contributed by atoms with Crippen LogP contribution in [0.5, 0.6) is 5.88 Å². The molecule has 25 heavy (non-hydrogen) atoms. The summed E-state index contributed by atoms with van der Waals surface area (Å²) in [6.07, 6.45) is 5.11. The van der Waals surface area contributed by atoms with Crippen LogP contribution in [0.2, 0.25) is 0 Å². The highest BCUT2D eigenvalue weighted by atomic mass is 19.1. The maximum absolute atomic E-state index is 13.8. The average Bonchev–Trinajstić information content (AvgIpc) is 2.92. The molecule has 1 unspecified atom stereocenters. The first-order chi connectivity index (χ1) is 12.1. The first kappa shape index (κ1) is 15.8. The predicted octanol–water partition coefficient (Wildman–Crippen LogP) is 2.86. The second-order valence-corrected chi connectivity index (χ2v) is 6.36. The largest absolute Gasteiger partial charge is 0.470 e. The Bertz CT molecular complexity index is 910. The lowest BCUT2D eigenvalue weighted by Crippen LogP contribution is -2.41. The number of halogens is 1. The molecule has 130 valence electrons. The minimum absolute atomic E-state index is 0.0757. The zero-order chi connectivity index (χ0) is 17.4. The number of nitrogens with zero attached hydrogens (tertiary/aromatic N) is 5. The molecule has 1 saturated heterocycles. The normalized spacial score (nSPS) is 17.9. The molecule has 3 aromatic rings. The van der Waals surface area contributed by atoms with Crippen molar-refractivity contribution in [1.29, 1.82) is 0 Å². The number of hydrogen-bond acceptors (Lipinski definition) is 5. The summed E-state index contributed by atoms with van der Waals surface area (Å²) in [4.78, 5) is 10.7. The minimum atomic E-state index is -0.422. The molecule has 1 fully saturated rings. The van der Waals surface area contributed by atoms with E-state index < -0.39 is 5.82 Å². The van der Waals surface area contributed by atoms with Crippen LogP contribution in [0.3, 0.4) is 0 Å². The van der Waals surface area contributed by atoms with E-state index in [0.717, 1.165) is 41.8 Å². The van der Waals surface area contributed by atoms with Gasteiger partial charge in [0, 0.05) is 26.0 Å². The van der Waals surface area contributed by atoms with Gasteiger partial charge in [0.2, 0.25) is 0 Å². The standard InChI is InChI=1S/C18H20FN5O/c1-12-16-15(7-9-20-17(16)23(2)22-12)24-10-4-5-13(11-24)25-18-14(19)6-3-8-21-18/h3,6-9,13H,4-5,10-11H2,1-2H3. The van der Waals surface area contributed by atoms with Gasteiger partial charge in [0.15, 0.2) is 11.5 Å². The van der Waals surface area contributed by atoms with Gasteiger partial charge in [-0.15, -0.1) is 0 Å². The van der Waals surface area contributed by atoms with Crippen molar-refractivity contribution in [2.45, 2.75) is 25.9 Å². The minimum Gasteiger partial charge on any atom is -0.470 e. The van der Waals surface area contributed by atoms with Crippen molar-refractivity contribution in [3.05, 3.63) is 42.1 Å². The molecule has 1 atom stereocenters. The van der Waals surface area contributed by atoms with Crippen molar-refractivity contribution < 1.29 is 9.13 Å². The first-order valence-electron chi connectivity index (χ1n) is 8.44. The van der Waals surface area contributed by atoms with Crippen LogP contribution in [0, 0.1) is 12.7 Å². The molecule has 0 bridgehead atoms. The Morgan fingerprint density at radius 2 is 2.12 bits per heavy atom. The highest BCUT2D eigenvalue weighted by Gasteiger charge is 2.25. The van der Waals surface area contributed by atoms with Crippen LogP contribution in [0.25, 0.3) is 11.0 Å². The summed E-state index contributed by atoms with van der Waals surface area (Å²) in [7, 11) is 1.90. The smallest absolute Gasteiger partial charge is 0.250 e. The van der Waals surface area contributed by atoms with Gasteiger partial charge >= 0.3 is 0 Å². The molecular formula is C18H20FN5O. The fraction of sp³-hybridized carbons (Fsp3) is 0.389. The van der Waals surface area contributed by atoms with E-state index in [9.17, 15) is 4.39 Å². The van der Waals surface area contributed by atoms with Crippen molar-refractivity contribution >= 4 is 16.7 Å². The summed E-state index contributed by atoms with van der Waals surface area (Å²) >= 11 is 0. The summed E-state index contributed by atoms with van der Waals surface area (Å²) in [6, 6.07) is 4.95. The topological polar surface area (TPSA) is 56.1 Å². The number of piperidine rings is 1. The van der Waals surface area contributed by atoms with E-state index in [-0.39, 0.29) is 12.0 Å². The molecule has 0 amide bonds. The third kappa shape index (κ3) is 2.90. The second-order valence-electron chi connectivity index (χ2n) is 6.36. The Morgan fingerprint density at radius 1 is 1.24 bits per heavy atom. The van der Waals surface area contributed by atoms with Crippen LogP contribution in [0.15, 0.2) is 30.6 Å². The van der Waals surface area contributed by atoms with Crippen LogP contribution in [-0.4, -0.2) is 38.9 Å². The summed E-state index contributed by atoms with van der Waals surface area (Å²) in [5.74, 6) is -0.346. The molecule has 0 aromatic carbocycles. The van der Waals surface area contributed by atoms with Gasteiger partial charge in [-0.1, -0.05) is 0 Å². The van der Waals surface area contributed by atoms with Gasteiger partial charge in [-0.3, -0.25) is 4.68 Å². The predicted molar refractivity (Wildman–Crippen MR) is 93.3 cm³/mol. The maximum Gasteiger partial charge on any atom is 0.250 e. The summed E-state index contributed by atoms with van der Waals surface area (Å²) in [5, 5.41) is 5.55. The van der Waals surface area contributed by atoms with Crippen molar-refractivity contribution in [2.24, 2.45) is 7.05 Å². The fourth-order valence-electron chi connectivity index (χ4n) is 3.49. The SMILES string of the molecule is Cc1nn(C)c2nccc(N3CCCC(Oc4ncccc4F)C3)c12. The summed E-state index contributed by atoms with van der Waals surface area (Å²) < 4.78 is 21.4. The van der Waals surface area contributed by atoms with E-state index in [2.05, 4.69) is 20.0 Å². The quantitative estimate of drug-likeness (QED) is 0.733. The Morgan fingerprint density at radius 3 is 2.96 bits per heavy atom. The van der Waals surface area contributed by atoms with Gasteiger partial charge in [-0.25, -0.2) is 14.4 Å². The Hall–Kier alpha value is -2.70. The highest BCUT2D eigenvalue weighted by molar-refractivity contribution is 5.91. The van der Waals surface area contributed by atoms with Crippen LogP contribution in [0.4, 0.5) is 10.1 Å². The van der Waals surface area contributed by atoms with Gasteiger partial charge < -0.3 is 9.64 Å². The molecule has 0 N–H and O–H groups in total. The molecule has 0 spiro atoms. The lowest BCUT2D eigenvalue weighted by Gasteiger charge is -2.34. The number of aromatic nitrogens is 4. The molecule has 3 aromatic heterocycles. The van der Waals surface area contributed by atoms with Crippen LogP contribution < -0.4 is 9.64 Å². The Kier molecular flexibility index (Phi) is 3.99. The van der Waals surface area contributed by atoms with Gasteiger partial charge in [0.1, 0.15) is 6.10 Å². The van der Waals surface area contributed by atoms with Gasteiger partial charge in [-0.05, 0) is 38.0 Å². The summed E-state index contributed by atoms with van der Waals surface area (Å²) in [6.45, 7) is 3.61. The van der Waals surface area contributed by atoms with E-state index in [0.29, 0.717) is 6.54 Å². The zero-order valence-corrected chi connectivity index (χ0v) is 14.3. The molecule has 6 nitrogen and oxygen atoms in total. The van der Waals surface area contributed by atoms with Crippen LogP contribution >= 0.6 is 0 Å². The number of aryl methyl sites for hydroxylation is 2. The van der Waals surface area contributed by atoms with Gasteiger partial charge in [0.25, 0.3) is 5.88 Å². The molecule has 0 aliphatic carbocycles. The van der Waals surface area contributed by atoms with E-state index in [1.165, 1.54) is 6.07 Å². The highest BCUT2D eigenvalue weighted by Crippen LogP contribution is 2.30. The third-order valence-electron chi connectivity index (χ3n) is 4.60. The number of fused-ring (bicyclic) bond motifs is 1. The van der Waals surface area contributed by atoms with E-state index >= 15 is 0 Å². The maximum atomic E-state index is 13.8. The molecule has 0 saturated carbocycles. The number of anilines is 1. The van der Waals surface area contributed by atoms with Gasteiger partial charge in [0.05, 0.1) is 23.3 Å². The molecule has 7 heteroatoms. The Labute approximate surface area is 145 Å². The van der Waals surface area contributed by atoms with Crippen molar-refractivity contribution in [2.75, 3.05) is 18.0 Å². The summed E-state index contributed by atoms with van der Waals surface area (Å²) in [5.41, 5.74) is 2.93. The van der Waals surface area contributed by atoms with Crippen molar-refractivity contribution in [3.63, 3.8) is 0 Å². The van der Waals surface area contributed by atoms with E-state index in [1.807, 2.05) is 26.2 Å². The molecule has 1 aliphatic rings. The number of rotatable bonds is 3. The second kappa shape index (κ2) is 6.31. The van der Waals surface area contributed by atoms with Crippen molar-refractivity contribution in [3.8, 4) is 5.88 Å². The monoisotopic (exact) mass is 341 g/mol. The number of pyridine rings is 2. The average molecular weight is 341 g/mol.